The Morgan fingerprint density at radius 2 is 2.05 bits per heavy atom. The minimum Gasteiger partial charge on any atom is -0.479 e. The number of aliphatic carboxylic acids is 1. The van der Waals surface area contributed by atoms with Crippen LogP contribution in [-0.2, 0) is 23.7 Å². The van der Waals surface area contributed by atoms with Crippen LogP contribution in [0.2, 0.25) is 0 Å². The molecule has 0 amide bonds. The molecular weight excluding hydrogens is 292 g/mol. The molecule has 7 atom stereocenters. The van der Waals surface area contributed by atoms with Crippen molar-refractivity contribution in [3.8, 4) is 0 Å². The van der Waals surface area contributed by atoms with Crippen molar-refractivity contribution in [1.82, 2.24) is 0 Å². The molecule has 2 fully saturated rings. The highest BCUT2D eigenvalue weighted by Gasteiger charge is 2.47. The minimum absolute atomic E-state index is 0.0504. The fourth-order valence-electron chi connectivity index (χ4n) is 3.13. The highest BCUT2D eigenvalue weighted by atomic mass is 16.7. The van der Waals surface area contributed by atoms with Crippen molar-refractivity contribution >= 4 is 5.97 Å². The number of carbonyl (C=O) groups is 1. The monoisotopic (exact) mass is 318 g/mol. The number of hydrogen-bond acceptors (Lipinski definition) is 6. The van der Waals surface area contributed by atoms with Crippen LogP contribution in [0.15, 0.2) is 0 Å². The summed E-state index contributed by atoms with van der Waals surface area (Å²) in [5.41, 5.74) is -0.792. The second-order valence-corrected chi connectivity index (χ2v) is 6.43. The molecule has 2 rings (SSSR count). The quantitative estimate of drug-likeness (QED) is 0.791. The number of aliphatic hydroxyl groups is 1. The Labute approximate surface area is 130 Å². The molecule has 0 saturated carbocycles. The van der Waals surface area contributed by atoms with Crippen LogP contribution in [-0.4, -0.2) is 66.2 Å². The van der Waals surface area contributed by atoms with Crippen molar-refractivity contribution in [2.45, 2.75) is 69.9 Å². The van der Waals surface area contributed by atoms with E-state index < -0.39 is 42.3 Å². The summed E-state index contributed by atoms with van der Waals surface area (Å²) in [5.74, 6) is -0.982. The Morgan fingerprint density at radius 1 is 1.36 bits per heavy atom. The van der Waals surface area contributed by atoms with Crippen LogP contribution in [0, 0.1) is 5.92 Å². The van der Waals surface area contributed by atoms with Gasteiger partial charge in [-0.05, 0) is 26.2 Å². The summed E-state index contributed by atoms with van der Waals surface area (Å²) < 4.78 is 22.3. The first-order chi connectivity index (χ1) is 10.3. The molecule has 7 nitrogen and oxygen atoms in total. The van der Waals surface area contributed by atoms with E-state index in [0.29, 0.717) is 13.0 Å². The lowest BCUT2D eigenvalue weighted by Gasteiger charge is -2.46. The fourth-order valence-corrected chi connectivity index (χ4v) is 3.13. The van der Waals surface area contributed by atoms with Gasteiger partial charge in [-0.3, -0.25) is 0 Å². The number of carboxylic acid groups (broad SMARTS) is 1. The lowest BCUT2D eigenvalue weighted by molar-refractivity contribution is -0.303. The van der Waals surface area contributed by atoms with Gasteiger partial charge in [0.1, 0.15) is 12.2 Å². The highest BCUT2D eigenvalue weighted by molar-refractivity contribution is 5.73. The Bertz CT molecular complexity index is 401. The molecule has 2 aliphatic rings. The Morgan fingerprint density at radius 3 is 2.64 bits per heavy atom. The van der Waals surface area contributed by atoms with Crippen molar-refractivity contribution in [3.63, 3.8) is 0 Å². The molecule has 2 N–H and O–H groups in total. The smallest absolute Gasteiger partial charge is 0.335 e. The van der Waals surface area contributed by atoms with Gasteiger partial charge in [0.2, 0.25) is 0 Å². The van der Waals surface area contributed by atoms with Gasteiger partial charge in [0.25, 0.3) is 0 Å². The topological polar surface area (TPSA) is 94.5 Å². The van der Waals surface area contributed by atoms with Gasteiger partial charge in [0, 0.05) is 20.1 Å². The van der Waals surface area contributed by atoms with Gasteiger partial charge >= 0.3 is 5.97 Å². The van der Waals surface area contributed by atoms with Gasteiger partial charge in [-0.1, -0.05) is 6.92 Å². The van der Waals surface area contributed by atoms with E-state index in [2.05, 4.69) is 0 Å². The zero-order chi connectivity index (χ0) is 16.5. The largest absolute Gasteiger partial charge is 0.479 e. The molecule has 2 heterocycles. The summed E-state index contributed by atoms with van der Waals surface area (Å²) in [5, 5.41) is 19.5. The first-order valence-electron chi connectivity index (χ1n) is 7.67. The maximum Gasteiger partial charge on any atom is 0.335 e. The summed E-state index contributed by atoms with van der Waals surface area (Å²) in [7, 11) is 1.53. The van der Waals surface area contributed by atoms with Crippen LogP contribution < -0.4 is 0 Å². The average molecular weight is 318 g/mol. The number of carboxylic acids is 1. The van der Waals surface area contributed by atoms with Crippen molar-refractivity contribution in [3.05, 3.63) is 0 Å². The van der Waals surface area contributed by atoms with E-state index in [1.807, 2.05) is 6.92 Å². The zero-order valence-corrected chi connectivity index (χ0v) is 13.5. The third kappa shape index (κ3) is 3.44. The Kier molecular flexibility index (Phi) is 5.45. The Balaban J connectivity index is 2.09. The summed E-state index contributed by atoms with van der Waals surface area (Å²) in [6.45, 7) is 5.89. The van der Waals surface area contributed by atoms with Crippen molar-refractivity contribution in [1.29, 1.82) is 0 Å². The molecule has 0 aliphatic carbocycles. The summed E-state index contributed by atoms with van der Waals surface area (Å²) >= 11 is 0. The first kappa shape index (κ1) is 17.6. The lowest BCUT2D eigenvalue weighted by atomic mass is 9.88. The molecule has 0 spiro atoms. The number of rotatable bonds is 4. The number of methoxy groups -OCH3 is 1. The second-order valence-electron chi connectivity index (χ2n) is 6.43. The van der Waals surface area contributed by atoms with E-state index in [9.17, 15) is 15.0 Å². The van der Waals surface area contributed by atoms with E-state index >= 15 is 0 Å². The highest BCUT2D eigenvalue weighted by Crippen LogP contribution is 2.35. The predicted molar refractivity (Wildman–Crippen MR) is 76.4 cm³/mol. The zero-order valence-electron chi connectivity index (χ0n) is 13.5. The SMILES string of the molecule is COC1(C)C[C@H](O[C@H]2[C@H](C)CCO[C@H]2C(=O)O)OC(C)[C@@H]1O. The van der Waals surface area contributed by atoms with E-state index in [4.69, 9.17) is 18.9 Å². The van der Waals surface area contributed by atoms with E-state index in [1.165, 1.54) is 7.11 Å². The number of aliphatic hydroxyl groups excluding tert-OH is 1. The molecular formula is C15H26O7. The van der Waals surface area contributed by atoms with Crippen molar-refractivity contribution < 1.29 is 34.0 Å². The molecule has 0 radical (unpaired) electrons. The van der Waals surface area contributed by atoms with E-state index in [0.717, 1.165) is 6.42 Å². The van der Waals surface area contributed by atoms with Gasteiger partial charge in [0.15, 0.2) is 12.4 Å². The van der Waals surface area contributed by atoms with Gasteiger partial charge in [-0.2, -0.15) is 0 Å². The van der Waals surface area contributed by atoms with Crippen LogP contribution in [0.25, 0.3) is 0 Å². The lowest BCUT2D eigenvalue weighted by Crippen LogP contribution is -2.58. The maximum atomic E-state index is 11.3. The summed E-state index contributed by atoms with van der Waals surface area (Å²) in [6, 6.07) is 0. The third-order valence-electron chi connectivity index (χ3n) is 4.76. The molecule has 0 aromatic heterocycles. The van der Waals surface area contributed by atoms with Crippen LogP contribution in [0.4, 0.5) is 0 Å². The first-order valence-corrected chi connectivity index (χ1v) is 7.67. The van der Waals surface area contributed by atoms with Crippen molar-refractivity contribution in [2.24, 2.45) is 5.92 Å². The summed E-state index contributed by atoms with van der Waals surface area (Å²) in [6.07, 6.45) is -2.40. The summed E-state index contributed by atoms with van der Waals surface area (Å²) in [4.78, 5) is 11.3. The van der Waals surface area contributed by atoms with E-state index in [1.54, 1.807) is 13.8 Å². The predicted octanol–water partition coefficient (Wildman–Crippen LogP) is 0.782. The maximum absolute atomic E-state index is 11.3. The molecule has 22 heavy (non-hydrogen) atoms. The standard InChI is InChI=1S/C15H26O7/c1-8-5-6-20-12(14(17)18)11(8)22-10-7-15(3,19-4)13(16)9(2)21-10/h8-13,16H,5-7H2,1-4H3,(H,17,18)/t8-,9?,10+,11+,12-,13+,15?/m1/s1. The van der Waals surface area contributed by atoms with Gasteiger partial charge in [0.05, 0.1) is 11.7 Å². The van der Waals surface area contributed by atoms with E-state index in [-0.39, 0.29) is 5.92 Å². The van der Waals surface area contributed by atoms with Crippen molar-refractivity contribution in [2.75, 3.05) is 13.7 Å². The normalized spacial score (nSPS) is 46.4. The number of ether oxygens (including phenoxy) is 4. The van der Waals surface area contributed by atoms with Crippen LogP contribution in [0.1, 0.15) is 33.6 Å². The molecule has 2 unspecified atom stereocenters. The minimum atomic E-state index is -1.03. The van der Waals surface area contributed by atoms with Gasteiger partial charge < -0.3 is 29.2 Å². The van der Waals surface area contributed by atoms with Gasteiger partial charge in [-0.15, -0.1) is 0 Å². The molecule has 0 aromatic carbocycles. The van der Waals surface area contributed by atoms with Crippen LogP contribution >= 0.6 is 0 Å². The molecule has 128 valence electrons. The van der Waals surface area contributed by atoms with Crippen LogP contribution in [0.3, 0.4) is 0 Å². The fraction of sp³-hybridized carbons (Fsp3) is 0.933. The Hall–Kier alpha value is -0.730. The third-order valence-corrected chi connectivity index (χ3v) is 4.76. The molecule has 2 aliphatic heterocycles. The molecule has 0 aromatic rings. The number of hydrogen-bond donors (Lipinski definition) is 2. The molecule has 0 bridgehead atoms. The van der Waals surface area contributed by atoms with Gasteiger partial charge in [-0.25, -0.2) is 4.79 Å². The molecule has 7 heteroatoms. The average Bonchev–Trinajstić information content (AvgIpc) is 2.46. The molecule has 2 saturated heterocycles. The van der Waals surface area contributed by atoms with Crippen LogP contribution in [0.5, 0.6) is 0 Å². The second kappa shape index (κ2) is 6.80.